The second-order valence-corrected chi connectivity index (χ2v) is 8.11. The van der Waals surface area contributed by atoms with Crippen molar-refractivity contribution in [1.82, 2.24) is 14.8 Å². The molecule has 2 aliphatic rings. The third kappa shape index (κ3) is 4.77. The maximum absolute atomic E-state index is 13.1. The summed E-state index contributed by atoms with van der Waals surface area (Å²) in [5, 5.41) is 11.2. The lowest BCUT2D eigenvalue weighted by Gasteiger charge is -2.43. The molecule has 0 radical (unpaired) electrons. The lowest BCUT2D eigenvalue weighted by atomic mass is 9.90. The average Bonchev–Trinajstić information content (AvgIpc) is 2.77. The Balaban J connectivity index is 1.31. The first-order valence-electron chi connectivity index (χ1n) is 10.6. The average molecular weight is 395 g/mol. The van der Waals surface area contributed by atoms with Gasteiger partial charge < -0.3 is 14.9 Å². The summed E-state index contributed by atoms with van der Waals surface area (Å²) in [6.07, 6.45) is 4.04. The van der Waals surface area contributed by atoms with Crippen LogP contribution < -0.4 is 4.90 Å². The Kier molecular flexibility index (Phi) is 6.11. The number of nitrogens with zero attached hydrogens (tertiary/aromatic N) is 4. The highest BCUT2D eigenvalue weighted by molar-refractivity contribution is 5.86. The molecule has 1 unspecified atom stereocenters. The van der Waals surface area contributed by atoms with Crippen LogP contribution in [0, 0.1) is 0 Å². The monoisotopic (exact) mass is 394 g/mol. The van der Waals surface area contributed by atoms with Crippen molar-refractivity contribution in [2.24, 2.45) is 0 Å². The van der Waals surface area contributed by atoms with E-state index in [1.165, 1.54) is 5.56 Å². The smallest absolute Gasteiger partial charge is 0.255 e. The van der Waals surface area contributed by atoms with Crippen molar-refractivity contribution in [3.63, 3.8) is 0 Å². The molecule has 0 bridgehead atoms. The highest BCUT2D eigenvalue weighted by Gasteiger charge is 2.43. The van der Waals surface area contributed by atoms with Crippen molar-refractivity contribution in [3.8, 4) is 0 Å². The molecule has 1 aromatic heterocycles. The molecule has 6 heteroatoms. The van der Waals surface area contributed by atoms with Crippen molar-refractivity contribution < 1.29 is 9.90 Å². The number of anilines is 1. The van der Waals surface area contributed by atoms with Gasteiger partial charge in [0.15, 0.2) is 5.60 Å². The largest absolute Gasteiger partial charge is 0.379 e. The molecule has 6 nitrogen and oxygen atoms in total. The molecule has 2 fully saturated rings. The molecule has 0 aliphatic carbocycles. The Labute approximate surface area is 172 Å². The quantitative estimate of drug-likeness (QED) is 0.810. The van der Waals surface area contributed by atoms with E-state index in [9.17, 15) is 9.90 Å². The minimum atomic E-state index is -1.26. The summed E-state index contributed by atoms with van der Waals surface area (Å²) in [5.74, 6) is 0.888. The number of aromatic nitrogens is 1. The summed E-state index contributed by atoms with van der Waals surface area (Å²) in [4.78, 5) is 23.8. The second kappa shape index (κ2) is 8.93. The van der Waals surface area contributed by atoms with Crippen LogP contribution in [0.4, 0.5) is 5.82 Å². The fourth-order valence-electron chi connectivity index (χ4n) is 4.38. The van der Waals surface area contributed by atoms with Gasteiger partial charge in [-0.1, -0.05) is 36.4 Å². The third-order valence-electron chi connectivity index (χ3n) is 6.05. The summed E-state index contributed by atoms with van der Waals surface area (Å²) < 4.78 is 0. The number of rotatable bonds is 6. The second-order valence-electron chi connectivity index (χ2n) is 8.11. The molecule has 1 N–H and O–H groups in total. The van der Waals surface area contributed by atoms with Gasteiger partial charge in [0.05, 0.1) is 0 Å². The third-order valence-corrected chi connectivity index (χ3v) is 6.05. The van der Waals surface area contributed by atoms with Crippen LogP contribution >= 0.6 is 0 Å². The number of hydrogen-bond donors (Lipinski definition) is 1. The molecule has 1 aromatic carbocycles. The van der Waals surface area contributed by atoms with Crippen LogP contribution in [0.3, 0.4) is 0 Å². The molecule has 1 amide bonds. The first-order valence-corrected chi connectivity index (χ1v) is 10.6. The maximum Gasteiger partial charge on any atom is 0.255 e. The van der Waals surface area contributed by atoms with Gasteiger partial charge in [0.1, 0.15) is 5.82 Å². The van der Waals surface area contributed by atoms with Crippen LogP contribution in [-0.2, 0) is 11.2 Å². The van der Waals surface area contributed by atoms with Crippen LogP contribution in [0.1, 0.15) is 18.4 Å². The van der Waals surface area contributed by atoms with Gasteiger partial charge in [-0.2, -0.15) is 0 Å². The normalized spacial score (nSPS) is 23.4. The number of carbonyl (C=O) groups excluding carboxylic acids is 1. The molecular weight excluding hydrogens is 364 g/mol. The van der Waals surface area contributed by atoms with Crippen LogP contribution in [0.5, 0.6) is 0 Å². The number of aliphatic hydroxyl groups is 1. The standard InChI is InChI=1S/C23H30N4O2/c28-22-23(29,11-6-13-27(22)14-10-20-7-2-1-3-8-20)19-25-15-17-26(18-16-25)21-9-4-5-12-24-21/h1-5,7-9,12,29H,6,10-11,13-19H2. The van der Waals surface area contributed by atoms with Crippen molar-refractivity contribution in [1.29, 1.82) is 0 Å². The number of benzene rings is 1. The lowest BCUT2D eigenvalue weighted by Crippen LogP contribution is -2.60. The number of β-amino-alcohol motifs (C(OH)–C–C–N with tert-alkyl or cyclic N) is 1. The van der Waals surface area contributed by atoms with Crippen molar-refractivity contribution in [3.05, 3.63) is 60.3 Å². The van der Waals surface area contributed by atoms with Gasteiger partial charge in [-0.05, 0) is 37.0 Å². The zero-order chi connectivity index (χ0) is 20.1. The Morgan fingerprint density at radius 3 is 2.45 bits per heavy atom. The number of carbonyl (C=O) groups is 1. The van der Waals surface area contributed by atoms with E-state index in [4.69, 9.17) is 0 Å². The number of pyridine rings is 1. The van der Waals surface area contributed by atoms with E-state index in [-0.39, 0.29) is 5.91 Å². The summed E-state index contributed by atoms with van der Waals surface area (Å²) in [6.45, 7) is 5.20. The lowest BCUT2D eigenvalue weighted by molar-refractivity contribution is -0.159. The predicted octanol–water partition coefficient (Wildman–Crippen LogP) is 1.80. The molecule has 0 spiro atoms. The molecule has 0 saturated carbocycles. The minimum Gasteiger partial charge on any atom is -0.379 e. The number of likely N-dealkylation sites (tertiary alicyclic amines) is 1. The number of hydrogen-bond acceptors (Lipinski definition) is 5. The summed E-state index contributed by atoms with van der Waals surface area (Å²) in [7, 11) is 0. The first-order chi connectivity index (χ1) is 14.1. The maximum atomic E-state index is 13.1. The first kappa shape index (κ1) is 19.9. The van der Waals surface area contributed by atoms with Gasteiger partial charge in [0, 0.05) is 52.0 Å². The minimum absolute atomic E-state index is 0.105. The van der Waals surface area contributed by atoms with Gasteiger partial charge in [-0.25, -0.2) is 4.98 Å². The molecule has 2 saturated heterocycles. The Hall–Kier alpha value is -2.44. The van der Waals surface area contributed by atoms with E-state index in [0.717, 1.165) is 51.4 Å². The van der Waals surface area contributed by atoms with E-state index < -0.39 is 5.60 Å². The van der Waals surface area contributed by atoms with Crippen LogP contribution in [-0.4, -0.2) is 77.2 Å². The van der Waals surface area contributed by atoms with Crippen molar-refractivity contribution in [2.45, 2.75) is 24.9 Å². The predicted molar refractivity (Wildman–Crippen MR) is 114 cm³/mol. The topological polar surface area (TPSA) is 59.9 Å². The van der Waals surface area contributed by atoms with Gasteiger partial charge in [-0.3, -0.25) is 9.69 Å². The fraction of sp³-hybridized carbons (Fsp3) is 0.478. The molecule has 3 heterocycles. The van der Waals surface area contributed by atoms with Gasteiger partial charge in [0.2, 0.25) is 0 Å². The Bertz CT molecular complexity index is 793. The summed E-state index contributed by atoms with van der Waals surface area (Å²) in [5.41, 5.74) is -0.0395. The molecule has 4 rings (SSSR count). The van der Waals surface area contributed by atoms with Gasteiger partial charge in [0.25, 0.3) is 5.91 Å². The number of piperazine rings is 1. The summed E-state index contributed by atoms with van der Waals surface area (Å²) >= 11 is 0. The molecule has 154 valence electrons. The van der Waals surface area contributed by atoms with Crippen LogP contribution in [0.25, 0.3) is 0 Å². The van der Waals surface area contributed by atoms with Crippen molar-refractivity contribution in [2.75, 3.05) is 50.7 Å². The van der Waals surface area contributed by atoms with Gasteiger partial charge in [-0.15, -0.1) is 0 Å². The SMILES string of the molecule is O=C1N(CCc2ccccc2)CCCC1(O)CN1CCN(c2ccccn2)CC1. The number of amides is 1. The zero-order valence-electron chi connectivity index (χ0n) is 16.9. The van der Waals surface area contributed by atoms with Gasteiger partial charge >= 0.3 is 0 Å². The van der Waals surface area contributed by atoms with E-state index in [2.05, 4.69) is 26.9 Å². The van der Waals surface area contributed by atoms with E-state index >= 15 is 0 Å². The van der Waals surface area contributed by atoms with Crippen LogP contribution in [0.2, 0.25) is 0 Å². The highest BCUT2D eigenvalue weighted by Crippen LogP contribution is 2.25. The molecule has 2 aliphatic heterocycles. The molecular formula is C23H30N4O2. The van der Waals surface area contributed by atoms with E-state index in [1.54, 1.807) is 0 Å². The Morgan fingerprint density at radius 1 is 0.966 bits per heavy atom. The van der Waals surface area contributed by atoms with E-state index in [0.29, 0.717) is 19.5 Å². The molecule has 2 aromatic rings. The summed E-state index contributed by atoms with van der Waals surface area (Å²) in [6, 6.07) is 16.2. The number of piperidine rings is 1. The van der Waals surface area contributed by atoms with Crippen LogP contribution in [0.15, 0.2) is 54.7 Å². The zero-order valence-corrected chi connectivity index (χ0v) is 16.9. The fourth-order valence-corrected chi connectivity index (χ4v) is 4.38. The highest BCUT2D eigenvalue weighted by atomic mass is 16.3. The molecule has 1 atom stereocenters. The van der Waals surface area contributed by atoms with E-state index in [1.807, 2.05) is 47.5 Å². The molecule has 29 heavy (non-hydrogen) atoms. The Morgan fingerprint density at radius 2 is 1.72 bits per heavy atom. The van der Waals surface area contributed by atoms with Crippen molar-refractivity contribution >= 4 is 11.7 Å².